The summed E-state index contributed by atoms with van der Waals surface area (Å²) in [6, 6.07) is 0. The standard InChI is InChI=1S/C11H18N2/c1-4-9(3)6-10-7-12-11(5-2)13-8-10/h7-9H,4-6H2,1-3H3. The molecule has 0 amide bonds. The predicted octanol–water partition coefficient (Wildman–Crippen LogP) is 2.63. The molecule has 1 heterocycles. The molecule has 0 aliphatic carbocycles. The first-order valence-electron chi connectivity index (χ1n) is 5.06. The van der Waals surface area contributed by atoms with Gasteiger partial charge in [0.25, 0.3) is 0 Å². The van der Waals surface area contributed by atoms with Crippen molar-refractivity contribution < 1.29 is 0 Å². The second-order valence-corrected chi connectivity index (χ2v) is 3.58. The lowest BCUT2D eigenvalue weighted by molar-refractivity contribution is 0.557. The topological polar surface area (TPSA) is 25.8 Å². The minimum atomic E-state index is 0.732. The maximum Gasteiger partial charge on any atom is 0.127 e. The van der Waals surface area contributed by atoms with Crippen molar-refractivity contribution in [2.24, 2.45) is 5.92 Å². The van der Waals surface area contributed by atoms with Crippen LogP contribution in [0, 0.1) is 5.92 Å². The third-order valence-corrected chi connectivity index (χ3v) is 2.36. The molecular weight excluding hydrogens is 160 g/mol. The summed E-state index contributed by atoms with van der Waals surface area (Å²) in [6.45, 7) is 6.54. The highest BCUT2D eigenvalue weighted by Gasteiger charge is 2.01. The van der Waals surface area contributed by atoms with Crippen LogP contribution in [0.25, 0.3) is 0 Å². The van der Waals surface area contributed by atoms with Crippen LogP contribution in [-0.2, 0) is 12.8 Å². The molecule has 1 aromatic rings. The molecule has 72 valence electrons. The normalized spacial score (nSPS) is 12.8. The highest BCUT2D eigenvalue weighted by Crippen LogP contribution is 2.09. The quantitative estimate of drug-likeness (QED) is 0.708. The van der Waals surface area contributed by atoms with E-state index in [9.17, 15) is 0 Å². The van der Waals surface area contributed by atoms with Crippen LogP contribution >= 0.6 is 0 Å². The molecule has 2 heteroatoms. The molecule has 0 N–H and O–H groups in total. The van der Waals surface area contributed by atoms with Gasteiger partial charge in [-0.25, -0.2) is 9.97 Å². The third-order valence-electron chi connectivity index (χ3n) is 2.36. The fourth-order valence-corrected chi connectivity index (χ4v) is 1.22. The van der Waals surface area contributed by atoms with Crippen molar-refractivity contribution in [2.75, 3.05) is 0 Å². The van der Waals surface area contributed by atoms with Gasteiger partial charge in [0.15, 0.2) is 0 Å². The van der Waals surface area contributed by atoms with Crippen LogP contribution in [0.1, 0.15) is 38.6 Å². The minimum absolute atomic E-state index is 0.732. The summed E-state index contributed by atoms with van der Waals surface area (Å²) in [7, 11) is 0. The first kappa shape index (κ1) is 10.2. The molecule has 0 aliphatic heterocycles. The van der Waals surface area contributed by atoms with Gasteiger partial charge < -0.3 is 0 Å². The Kier molecular flexibility index (Phi) is 3.87. The maximum atomic E-state index is 4.27. The van der Waals surface area contributed by atoms with Crippen molar-refractivity contribution in [1.82, 2.24) is 9.97 Å². The van der Waals surface area contributed by atoms with Crippen molar-refractivity contribution >= 4 is 0 Å². The maximum absolute atomic E-state index is 4.27. The fraction of sp³-hybridized carbons (Fsp3) is 0.636. The molecule has 1 unspecified atom stereocenters. The van der Waals surface area contributed by atoms with E-state index in [4.69, 9.17) is 0 Å². The van der Waals surface area contributed by atoms with E-state index in [0.29, 0.717) is 0 Å². The average Bonchev–Trinajstić information content (AvgIpc) is 2.19. The summed E-state index contributed by atoms with van der Waals surface area (Å²) >= 11 is 0. The van der Waals surface area contributed by atoms with E-state index >= 15 is 0 Å². The van der Waals surface area contributed by atoms with E-state index in [-0.39, 0.29) is 0 Å². The van der Waals surface area contributed by atoms with Gasteiger partial charge in [-0.1, -0.05) is 27.2 Å². The minimum Gasteiger partial charge on any atom is -0.241 e. The largest absolute Gasteiger partial charge is 0.241 e. The number of nitrogens with zero attached hydrogens (tertiary/aromatic N) is 2. The van der Waals surface area contributed by atoms with Crippen LogP contribution in [0.4, 0.5) is 0 Å². The first-order chi connectivity index (χ1) is 6.26. The van der Waals surface area contributed by atoms with Crippen LogP contribution in [-0.4, -0.2) is 9.97 Å². The molecule has 0 aliphatic rings. The molecule has 0 fully saturated rings. The molecule has 0 saturated heterocycles. The number of hydrogen-bond donors (Lipinski definition) is 0. The average molecular weight is 178 g/mol. The fourth-order valence-electron chi connectivity index (χ4n) is 1.22. The van der Waals surface area contributed by atoms with E-state index in [1.165, 1.54) is 12.0 Å². The summed E-state index contributed by atoms with van der Waals surface area (Å²) in [5, 5.41) is 0. The van der Waals surface area contributed by atoms with Gasteiger partial charge in [-0.15, -0.1) is 0 Å². The molecule has 1 aromatic heterocycles. The van der Waals surface area contributed by atoms with Crippen LogP contribution in [0.15, 0.2) is 12.4 Å². The Labute approximate surface area is 80.4 Å². The van der Waals surface area contributed by atoms with Gasteiger partial charge in [-0.2, -0.15) is 0 Å². The number of hydrogen-bond acceptors (Lipinski definition) is 2. The van der Waals surface area contributed by atoms with Gasteiger partial charge >= 0.3 is 0 Å². The second-order valence-electron chi connectivity index (χ2n) is 3.58. The monoisotopic (exact) mass is 178 g/mol. The van der Waals surface area contributed by atoms with Crippen LogP contribution in [0.5, 0.6) is 0 Å². The Morgan fingerprint density at radius 1 is 1.23 bits per heavy atom. The Morgan fingerprint density at radius 3 is 2.31 bits per heavy atom. The van der Waals surface area contributed by atoms with Gasteiger partial charge in [0.05, 0.1) is 0 Å². The van der Waals surface area contributed by atoms with E-state index in [1.807, 2.05) is 12.4 Å². The van der Waals surface area contributed by atoms with Crippen molar-refractivity contribution in [1.29, 1.82) is 0 Å². The lowest BCUT2D eigenvalue weighted by atomic mass is 10.0. The smallest absolute Gasteiger partial charge is 0.127 e. The van der Waals surface area contributed by atoms with Crippen molar-refractivity contribution in [3.63, 3.8) is 0 Å². The third kappa shape index (κ3) is 3.13. The van der Waals surface area contributed by atoms with Crippen LogP contribution < -0.4 is 0 Å². The van der Waals surface area contributed by atoms with Gasteiger partial charge in [0, 0.05) is 18.8 Å². The Balaban J connectivity index is 2.58. The van der Waals surface area contributed by atoms with Crippen molar-refractivity contribution in [3.05, 3.63) is 23.8 Å². The van der Waals surface area contributed by atoms with Gasteiger partial charge in [-0.05, 0) is 17.9 Å². The zero-order valence-corrected chi connectivity index (χ0v) is 8.75. The highest BCUT2D eigenvalue weighted by atomic mass is 14.9. The molecule has 0 aromatic carbocycles. The van der Waals surface area contributed by atoms with E-state index in [0.717, 1.165) is 24.6 Å². The van der Waals surface area contributed by atoms with Gasteiger partial charge in [-0.3, -0.25) is 0 Å². The molecule has 1 rings (SSSR count). The molecule has 0 radical (unpaired) electrons. The SMILES string of the molecule is CCc1ncc(CC(C)CC)cn1. The molecule has 0 spiro atoms. The summed E-state index contributed by atoms with van der Waals surface area (Å²) < 4.78 is 0. The zero-order valence-electron chi connectivity index (χ0n) is 8.75. The zero-order chi connectivity index (χ0) is 9.68. The molecule has 1 atom stereocenters. The summed E-state index contributed by atoms with van der Waals surface area (Å²) in [5.41, 5.74) is 1.26. The van der Waals surface area contributed by atoms with Crippen LogP contribution in [0.3, 0.4) is 0 Å². The van der Waals surface area contributed by atoms with E-state index in [1.54, 1.807) is 0 Å². The van der Waals surface area contributed by atoms with Crippen LogP contribution in [0.2, 0.25) is 0 Å². The number of rotatable bonds is 4. The van der Waals surface area contributed by atoms with Gasteiger partial charge in [0.1, 0.15) is 5.82 Å². The molecule has 0 saturated carbocycles. The van der Waals surface area contributed by atoms with E-state index in [2.05, 4.69) is 30.7 Å². The Hall–Kier alpha value is -0.920. The second kappa shape index (κ2) is 4.95. The predicted molar refractivity (Wildman–Crippen MR) is 54.6 cm³/mol. The lowest BCUT2D eigenvalue weighted by Gasteiger charge is -2.07. The van der Waals surface area contributed by atoms with Gasteiger partial charge in [0.2, 0.25) is 0 Å². The Bertz CT molecular complexity index is 241. The highest BCUT2D eigenvalue weighted by molar-refractivity contribution is 5.05. The summed E-state index contributed by atoms with van der Waals surface area (Å²) in [4.78, 5) is 8.55. The van der Waals surface area contributed by atoms with Crippen molar-refractivity contribution in [2.45, 2.75) is 40.0 Å². The molecule has 0 bridgehead atoms. The van der Waals surface area contributed by atoms with E-state index < -0.39 is 0 Å². The Morgan fingerprint density at radius 2 is 1.85 bits per heavy atom. The first-order valence-corrected chi connectivity index (χ1v) is 5.06. The van der Waals surface area contributed by atoms with Crippen molar-refractivity contribution in [3.8, 4) is 0 Å². The lowest BCUT2D eigenvalue weighted by Crippen LogP contribution is -2.00. The molecule has 13 heavy (non-hydrogen) atoms. The number of aromatic nitrogens is 2. The summed E-state index contributed by atoms with van der Waals surface area (Å²) in [6.07, 6.45) is 7.15. The number of aryl methyl sites for hydroxylation is 1. The summed E-state index contributed by atoms with van der Waals surface area (Å²) in [5.74, 6) is 1.67. The molecular formula is C11H18N2. The molecule has 2 nitrogen and oxygen atoms in total.